The summed E-state index contributed by atoms with van der Waals surface area (Å²) in [5, 5.41) is 6.83. The van der Waals surface area contributed by atoms with Crippen molar-refractivity contribution in [1.29, 1.82) is 0 Å². The van der Waals surface area contributed by atoms with Gasteiger partial charge in [0.1, 0.15) is 0 Å². The summed E-state index contributed by atoms with van der Waals surface area (Å²) in [5.41, 5.74) is 2.77. The van der Waals surface area contributed by atoms with E-state index in [1.807, 2.05) is 41.1 Å². The van der Waals surface area contributed by atoms with Crippen LogP contribution in [0.25, 0.3) is 0 Å². The summed E-state index contributed by atoms with van der Waals surface area (Å²) >= 11 is 7.40. The number of nitrogens with one attached hydrogen (secondary N) is 1. The first-order chi connectivity index (χ1) is 8.29. The Morgan fingerprint density at radius 2 is 2.12 bits per heavy atom. The highest BCUT2D eigenvalue weighted by Gasteiger charge is 2.06. The van der Waals surface area contributed by atoms with Gasteiger partial charge in [-0.3, -0.25) is 4.79 Å². The fourth-order valence-electron chi connectivity index (χ4n) is 1.53. The van der Waals surface area contributed by atoms with Crippen LogP contribution in [0, 0.1) is 0 Å². The topological polar surface area (TPSA) is 29.1 Å². The Hall–Kier alpha value is -1.32. The molecule has 2 nitrogen and oxygen atoms in total. The average molecular weight is 266 g/mol. The fourth-order valence-corrected chi connectivity index (χ4v) is 2.43. The number of anilines is 1. The lowest BCUT2D eigenvalue weighted by atomic mass is 10.2. The van der Waals surface area contributed by atoms with E-state index >= 15 is 0 Å². The maximum absolute atomic E-state index is 11.8. The largest absolute Gasteiger partial charge is 0.326 e. The number of para-hydroxylation sites is 1. The zero-order valence-corrected chi connectivity index (χ0v) is 10.7. The maximum Gasteiger partial charge on any atom is 0.228 e. The van der Waals surface area contributed by atoms with E-state index in [2.05, 4.69) is 5.32 Å². The molecule has 0 saturated heterocycles. The van der Waals surface area contributed by atoms with Crippen molar-refractivity contribution >= 4 is 34.5 Å². The molecule has 1 aromatic carbocycles. The minimum atomic E-state index is -0.0130. The molecule has 88 valence electrons. The van der Waals surface area contributed by atoms with Crippen molar-refractivity contribution in [3.63, 3.8) is 0 Å². The summed E-state index contributed by atoms with van der Waals surface area (Å²) in [6, 6.07) is 9.52. The minimum Gasteiger partial charge on any atom is -0.326 e. The number of halogens is 1. The molecule has 0 aliphatic rings. The Morgan fingerprint density at radius 3 is 2.82 bits per heavy atom. The second kappa shape index (κ2) is 5.84. The third-order valence-corrected chi connectivity index (χ3v) is 3.40. The van der Waals surface area contributed by atoms with Crippen molar-refractivity contribution in [1.82, 2.24) is 0 Å². The third-order valence-electron chi connectivity index (χ3n) is 2.38. The summed E-state index contributed by atoms with van der Waals surface area (Å²) in [5.74, 6) is 0.385. The monoisotopic (exact) mass is 265 g/mol. The van der Waals surface area contributed by atoms with Crippen LogP contribution in [0.15, 0.2) is 41.1 Å². The first-order valence-electron chi connectivity index (χ1n) is 5.24. The molecular formula is C13H12ClNOS. The summed E-state index contributed by atoms with van der Waals surface area (Å²) in [7, 11) is 0. The van der Waals surface area contributed by atoms with Crippen molar-refractivity contribution in [2.45, 2.75) is 12.3 Å². The molecule has 0 fully saturated rings. The van der Waals surface area contributed by atoms with Crippen molar-refractivity contribution in [3.8, 4) is 0 Å². The Morgan fingerprint density at radius 1 is 1.29 bits per heavy atom. The van der Waals surface area contributed by atoms with Gasteiger partial charge in [0.25, 0.3) is 0 Å². The number of carbonyl (C=O) groups excluding carboxylic acids is 1. The molecule has 2 rings (SSSR count). The van der Waals surface area contributed by atoms with Gasteiger partial charge in [-0.05, 0) is 34.0 Å². The Labute approximate surface area is 109 Å². The van der Waals surface area contributed by atoms with E-state index in [-0.39, 0.29) is 5.91 Å². The molecule has 0 aliphatic heterocycles. The number of thiophene rings is 1. The fraction of sp³-hybridized carbons (Fsp3) is 0.154. The Kier molecular flexibility index (Phi) is 4.18. The van der Waals surface area contributed by atoms with E-state index in [1.54, 1.807) is 11.3 Å². The predicted molar refractivity (Wildman–Crippen MR) is 72.7 cm³/mol. The molecule has 17 heavy (non-hydrogen) atoms. The number of alkyl halides is 1. The Bertz CT molecular complexity index is 496. The van der Waals surface area contributed by atoms with Crippen LogP contribution in [0.3, 0.4) is 0 Å². The van der Waals surface area contributed by atoms with Gasteiger partial charge in [0.15, 0.2) is 0 Å². The molecule has 1 heterocycles. The smallest absolute Gasteiger partial charge is 0.228 e. The predicted octanol–water partition coefficient (Wildman–Crippen LogP) is 3.67. The van der Waals surface area contributed by atoms with E-state index in [0.29, 0.717) is 12.3 Å². The van der Waals surface area contributed by atoms with Crippen LogP contribution in [-0.4, -0.2) is 5.91 Å². The number of hydrogen-bond donors (Lipinski definition) is 1. The van der Waals surface area contributed by atoms with Crippen LogP contribution < -0.4 is 5.32 Å². The van der Waals surface area contributed by atoms with Crippen LogP contribution in [-0.2, 0) is 17.1 Å². The summed E-state index contributed by atoms with van der Waals surface area (Å²) < 4.78 is 0. The number of carbonyl (C=O) groups is 1. The summed E-state index contributed by atoms with van der Waals surface area (Å²) in [4.78, 5) is 11.8. The number of amides is 1. The molecule has 1 amide bonds. The molecule has 4 heteroatoms. The van der Waals surface area contributed by atoms with Gasteiger partial charge in [0.2, 0.25) is 5.91 Å². The first-order valence-corrected chi connectivity index (χ1v) is 6.72. The number of benzene rings is 1. The average Bonchev–Trinajstić information content (AvgIpc) is 2.82. The lowest BCUT2D eigenvalue weighted by Crippen LogP contribution is -2.14. The van der Waals surface area contributed by atoms with Gasteiger partial charge in [0, 0.05) is 11.6 Å². The van der Waals surface area contributed by atoms with E-state index in [0.717, 1.165) is 16.8 Å². The van der Waals surface area contributed by atoms with Crippen molar-refractivity contribution in [2.75, 3.05) is 5.32 Å². The highest BCUT2D eigenvalue weighted by Crippen LogP contribution is 2.17. The zero-order valence-electron chi connectivity index (χ0n) is 9.15. The van der Waals surface area contributed by atoms with Crippen LogP contribution in [0.5, 0.6) is 0 Å². The molecule has 0 saturated carbocycles. The van der Waals surface area contributed by atoms with Crippen molar-refractivity contribution in [3.05, 3.63) is 52.2 Å². The third kappa shape index (κ3) is 3.32. The van der Waals surface area contributed by atoms with Gasteiger partial charge in [-0.15, -0.1) is 11.6 Å². The standard InChI is InChI=1S/C13H12ClNOS/c14-8-11-3-1-2-4-12(11)15-13(16)7-10-5-6-17-9-10/h1-6,9H,7-8H2,(H,15,16). The molecule has 0 unspecified atom stereocenters. The molecule has 1 aromatic heterocycles. The van der Waals surface area contributed by atoms with Gasteiger partial charge in [-0.1, -0.05) is 18.2 Å². The summed E-state index contributed by atoms with van der Waals surface area (Å²) in [6.07, 6.45) is 0.403. The van der Waals surface area contributed by atoms with Crippen LogP contribution in [0.4, 0.5) is 5.69 Å². The summed E-state index contributed by atoms with van der Waals surface area (Å²) in [6.45, 7) is 0. The zero-order chi connectivity index (χ0) is 12.1. The molecule has 2 aromatic rings. The number of hydrogen-bond acceptors (Lipinski definition) is 2. The lowest BCUT2D eigenvalue weighted by molar-refractivity contribution is -0.115. The molecule has 1 N–H and O–H groups in total. The molecule has 0 radical (unpaired) electrons. The SMILES string of the molecule is O=C(Cc1ccsc1)Nc1ccccc1CCl. The van der Waals surface area contributed by atoms with E-state index in [1.165, 1.54) is 0 Å². The lowest BCUT2D eigenvalue weighted by Gasteiger charge is -2.08. The van der Waals surface area contributed by atoms with Crippen molar-refractivity contribution in [2.24, 2.45) is 0 Å². The van der Waals surface area contributed by atoms with E-state index < -0.39 is 0 Å². The van der Waals surface area contributed by atoms with Gasteiger partial charge in [0.05, 0.1) is 6.42 Å². The highest BCUT2D eigenvalue weighted by atomic mass is 35.5. The van der Waals surface area contributed by atoms with Crippen LogP contribution in [0.2, 0.25) is 0 Å². The molecular weight excluding hydrogens is 254 g/mol. The molecule has 0 bridgehead atoms. The van der Waals surface area contributed by atoms with Gasteiger partial charge < -0.3 is 5.32 Å². The normalized spacial score (nSPS) is 10.2. The molecule has 0 spiro atoms. The van der Waals surface area contributed by atoms with Gasteiger partial charge >= 0.3 is 0 Å². The molecule has 0 atom stereocenters. The van der Waals surface area contributed by atoms with Crippen LogP contribution in [0.1, 0.15) is 11.1 Å². The quantitative estimate of drug-likeness (QED) is 0.840. The van der Waals surface area contributed by atoms with Gasteiger partial charge in [-0.2, -0.15) is 11.3 Å². The van der Waals surface area contributed by atoms with Gasteiger partial charge in [-0.25, -0.2) is 0 Å². The maximum atomic E-state index is 11.8. The number of rotatable bonds is 4. The minimum absolute atomic E-state index is 0.0130. The van der Waals surface area contributed by atoms with Crippen LogP contribution >= 0.6 is 22.9 Å². The Balaban J connectivity index is 2.03. The van der Waals surface area contributed by atoms with E-state index in [9.17, 15) is 4.79 Å². The molecule has 0 aliphatic carbocycles. The first kappa shape index (κ1) is 12.1. The van der Waals surface area contributed by atoms with Crippen molar-refractivity contribution < 1.29 is 4.79 Å². The van der Waals surface area contributed by atoms with E-state index in [4.69, 9.17) is 11.6 Å². The second-order valence-electron chi connectivity index (χ2n) is 3.65. The highest BCUT2D eigenvalue weighted by molar-refractivity contribution is 7.08. The second-order valence-corrected chi connectivity index (χ2v) is 4.69.